The highest BCUT2D eigenvalue weighted by molar-refractivity contribution is 5.94. The molecule has 1 aromatic carbocycles. The van der Waals surface area contributed by atoms with Crippen LogP contribution in [-0.4, -0.2) is 46.8 Å². The van der Waals surface area contributed by atoms with Gasteiger partial charge in [0, 0.05) is 31.0 Å². The Morgan fingerprint density at radius 1 is 1.04 bits per heavy atom. The van der Waals surface area contributed by atoms with Crippen LogP contribution in [0.25, 0.3) is 11.4 Å². The van der Waals surface area contributed by atoms with Gasteiger partial charge in [-0.1, -0.05) is 5.16 Å². The van der Waals surface area contributed by atoms with E-state index in [0.717, 1.165) is 0 Å². The predicted molar refractivity (Wildman–Crippen MR) is 94.8 cm³/mol. The third kappa shape index (κ3) is 3.75. The van der Waals surface area contributed by atoms with Crippen LogP contribution in [0.2, 0.25) is 0 Å². The van der Waals surface area contributed by atoms with Crippen LogP contribution in [0.1, 0.15) is 21.0 Å². The quantitative estimate of drug-likeness (QED) is 0.606. The van der Waals surface area contributed by atoms with Crippen LogP contribution in [0.15, 0.2) is 47.2 Å². The number of nitrogens with zero attached hydrogens (tertiary/aromatic N) is 3. The van der Waals surface area contributed by atoms with E-state index in [1.165, 1.54) is 6.20 Å². The highest BCUT2D eigenvalue weighted by atomic mass is 16.7. The largest absolute Gasteiger partial charge is 0.454 e. The van der Waals surface area contributed by atoms with Crippen LogP contribution >= 0.6 is 0 Å². The number of nitrogens with one attached hydrogen (secondary N) is 2. The molecule has 0 bridgehead atoms. The molecule has 2 aromatic heterocycles. The highest BCUT2D eigenvalue weighted by Crippen LogP contribution is 2.35. The molecule has 0 saturated heterocycles. The van der Waals surface area contributed by atoms with Crippen molar-refractivity contribution < 1.29 is 23.6 Å². The van der Waals surface area contributed by atoms with Crippen molar-refractivity contribution in [2.75, 3.05) is 19.9 Å². The molecule has 0 atom stereocenters. The van der Waals surface area contributed by atoms with Crippen molar-refractivity contribution in [2.24, 2.45) is 0 Å². The Bertz CT molecular complexity index is 1000. The number of carbonyl (C=O) groups excluding carboxylic acids is 2. The van der Waals surface area contributed by atoms with Crippen molar-refractivity contribution in [1.29, 1.82) is 0 Å². The van der Waals surface area contributed by atoms with Crippen molar-refractivity contribution in [3.63, 3.8) is 0 Å². The zero-order valence-electron chi connectivity index (χ0n) is 14.5. The molecular formula is C18H15N5O5. The summed E-state index contributed by atoms with van der Waals surface area (Å²) in [5.74, 6) is 0.496. The van der Waals surface area contributed by atoms with Crippen molar-refractivity contribution in [3.05, 3.63) is 54.2 Å². The van der Waals surface area contributed by atoms with E-state index in [1.54, 1.807) is 36.5 Å². The van der Waals surface area contributed by atoms with Gasteiger partial charge in [0.2, 0.25) is 12.6 Å². The Hall–Kier alpha value is -3.95. The maximum atomic E-state index is 12.1. The van der Waals surface area contributed by atoms with Gasteiger partial charge in [0.1, 0.15) is 0 Å². The first-order valence-electron chi connectivity index (χ1n) is 8.41. The van der Waals surface area contributed by atoms with Crippen molar-refractivity contribution in [2.45, 2.75) is 0 Å². The normalized spacial score (nSPS) is 11.9. The topological polar surface area (TPSA) is 128 Å². The average molecular weight is 381 g/mol. The minimum atomic E-state index is -0.532. The van der Waals surface area contributed by atoms with Crippen molar-refractivity contribution in [1.82, 2.24) is 25.8 Å². The van der Waals surface area contributed by atoms with Gasteiger partial charge < -0.3 is 24.6 Å². The number of rotatable bonds is 6. The van der Waals surface area contributed by atoms with Crippen LogP contribution in [-0.2, 0) is 0 Å². The van der Waals surface area contributed by atoms with Gasteiger partial charge in [-0.05, 0) is 30.3 Å². The first kappa shape index (κ1) is 17.5. The molecule has 10 heteroatoms. The number of pyridine rings is 1. The van der Waals surface area contributed by atoms with E-state index >= 15 is 0 Å². The molecule has 1 aliphatic rings. The zero-order chi connectivity index (χ0) is 19.3. The zero-order valence-corrected chi connectivity index (χ0v) is 14.5. The molecule has 4 rings (SSSR count). The number of carbonyl (C=O) groups is 2. The lowest BCUT2D eigenvalue weighted by Gasteiger charge is -2.05. The van der Waals surface area contributed by atoms with Crippen molar-refractivity contribution >= 4 is 11.8 Å². The van der Waals surface area contributed by atoms with Crippen LogP contribution in [0.5, 0.6) is 11.5 Å². The fourth-order valence-corrected chi connectivity index (χ4v) is 2.50. The van der Waals surface area contributed by atoms with Gasteiger partial charge in [0.05, 0.1) is 5.56 Å². The van der Waals surface area contributed by atoms with E-state index in [1.807, 2.05) is 0 Å². The number of hydrogen-bond acceptors (Lipinski definition) is 8. The second-order valence-electron chi connectivity index (χ2n) is 5.74. The fourth-order valence-electron chi connectivity index (χ4n) is 2.50. The van der Waals surface area contributed by atoms with E-state index in [4.69, 9.17) is 14.0 Å². The molecule has 3 heterocycles. The minimum absolute atomic E-state index is 0.163. The van der Waals surface area contributed by atoms with E-state index in [0.29, 0.717) is 22.6 Å². The molecule has 0 unspecified atom stereocenters. The summed E-state index contributed by atoms with van der Waals surface area (Å²) >= 11 is 0. The molecule has 0 saturated carbocycles. The number of ether oxygens (including phenoxy) is 2. The SMILES string of the molecule is O=C(NCCNC(=O)c1nc(-c2ccc3c(c2)OCO3)no1)c1cccnc1. The number of benzene rings is 1. The van der Waals surface area contributed by atoms with Gasteiger partial charge in [-0.2, -0.15) is 4.98 Å². The summed E-state index contributed by atoms with van der Waals surface area (Å²) in [6.07, 6.45) is 3.04. The van der Waals surface area contributed by atoms with Crippen LogP contribution in [0, 0.1) is 0 Å². The molecule has 0 spiro atoms. The molecule has 0 aliphatic carbocycles. The number of fused-ring (bicyclic) bond motifs is 1. The molecule has 142 valence electrons. The lowest BCUT2D eigenvalue weighted by atomic mass is 10.2. The molecular weight excluding hydrogens is 366 g/mol. The molecule has 3 aromatic rings. The second-order valence-corrected chi connectivity index (χ2v) is 5.74. The summed E-state index contributed by atoms with van der Waals surface area (Å²) in [5.41, 5.74) is 1.08. The summed E-state index contributed by atoms with van der Waals surface area (Å²) < 4.78 is 15.6. The Morgan fingerprint density at radius 2 is 1.86 bits per heavy atom. The lowest BCUT2D eigenvalue weighted by molar-refractivity contribution is 0.0898. The maximum Gasteiger partial charge on any atom is 0.316 e. The summed E-state index contributed by atoms with van der Waals surface area (Å²) in [5, 5.41) is 9.09. The summed E-state index contributed by atoms with van der Waals surface area (Å²) in [6.45, 7) is 0.602. The third-order valence-electron chi connectivity index (χ3n) is 3.87. The van der Waals surface area contributed by atoms with Crippen molar-refractivity contribution in [3.8, 4) is 22.9 Å². The highest BCUT2D eigenvalue weighted by Gasteiger charge is 2.19. The van der Waals surface area contributed by atoms with E-state index in [2.05, 4.69) is 25.8 Å². The average Bonchev–Trinajstić information content (AvgIpc) is 3.40. The number of aromatic nitrogens is 3. The van der Waals surface area contributed by atoms with Crippen LogP contribution in [0.3, 0.4) is 0 Å². The standard InChI is InChI=1S/C18H15N5O5/c24-16(12-2-1-5-19-9-12)20-6-7-21-17(25)18-22-15(23-28-18)11-3-4-13-14(8-11)27-10-26-13/h1-5,8-9H,6-7,10H2,(H,20,24)(H,21,25). The minimum Gasteiger partial charge on any atom is -0.454 e. The molecule has 2 N–H and O–H groups in total. The van der Waals surface area contributed by atoms with Gasteiger partial charge in [-0.3, -0.25) is 14.6 Å². The lowest BCUT2D eigenvalue weighted by Crippen LogP contribution is -2.34. The molecule has 0 radical (unpaired) electrons. The first-order valence-corrected chi connectivity index (χ1v) is 8.41. The van der Waals surface area contributed by atoms with E-state index < -0.39 is 5.91 Å². The first-order chi connectivity index (χ1) is 13.7. The van der Waals surface area contributed by atoms with Gasteiger partial charge in [0.25, 0.3) is 5.91 Å². The van der Waals surface area contributed by atoms with Gasteiger partial charge in [0.15, 0.2) is 11.5 Å². The molecule has 10 nitrogen and oxygen atoms in total. The second kappa shape index (κ2) is 7.74. The molecule has 2 amide bonds. The Labute approximate surface area is 158 Å². The summed E-state index contributed by atoms with van der Waals surface area (Å²) in [6, 6.07) is 8.51. The predicted octanol–water partition coefficient (Wildman–Crippen LogP) is 1.02. The third-order valence-corrected chi connectivity index (χ3v) is 3.87. The Balaban J connectivity index is 1.29. The van der Waals surface area contributed by atoms with Gasteiger partial charge >= 0.3 is 11.8 Å². The molecule has 0 fully saturated rings. The Kier molecular flexibility index (Phi) is 4.83. The van der Waals surface area contributed by atoms with E-state index in [-0.39, 0.29) is 37.5 Å². The summed E-state index contributed by atoms with van der Waals surface area (Å²) in [7, 11) is 0. The maximum absolute atomic E-state index is 12.1. The Morgan fingerprint density at radius 3 is 2.68 bits per heavy atom. The number of amides is 2. The molecule has 28 heavy (non-hydrogen) atoms. The summed E-state index contributed by atoms with van der Waals surface area (Å²) in [4.78, 5) is 32.0. The number of hydrogen-bond donors (Lipinski definition) is 2. The smallest absolute Gasteiger partial charge is 0.316 e. The van der Waals surface area contributed by atoms with Gasteiger partial charge in [-0.25, -0.2) is 0 Å². The van der Waals surface area contributed by atoms with Crippen LogP contribution < -0.4 is 20.1 Å². The van der Waals surface area contributed by atoms with Gasteiger partial charge in [-0.15, -0.1) is 0 Å². The van der Waals surface area contributed by atoms with E-state index in [9.17, 15) is 9.59 Å². The van der Waals surface area contributed by atoms with Crippen LogP contribution in [0.4, 0.5) is 0 Å². The molecule has 1 aliphatic heterocycles. The monoisotopic (exact) mass is 381 g/mol. The fraction of sp³-hybridized carbons (Fsp3) is 0.167.